The minimum Gasteiger partial charge on any atom is -0.381 e. The van der Waals surface area contributed by atoms with Gasteiger partial charge in [0.25, 0.3) is 0 Å². The quantitative estimate of drug-likeness (QED) is 0.640. The summed E-state index contributed by atoms with van der Waals surface area (Å²) in [6, 6.07) is 4.12. The van der Waals surface area contributed by atoms with Gasteiger partial charge in [0.1, 0.15) is 0 Å². The van der Waals surface area contributed by atoms with Gasteiger partial charge >= 0.3 is 0 Å². The van der Waals surface area contributed by atoms with E-state index in [0.29, 0.717) is 0 Å². The fourth-order valence-electron chi connectivity index (χ4n) is 1.53. The van der Waals surface area contributed by atoms with Crippen LogP contribution in [-0.2, 0) is 11.3 Å². The molecule has 1 heterocycles. The molecule has 3 nitrogen and oxygen atoms in total. The fourth-order valence-corrected chi connectivity index (χ4v) is 1.53. The van der Waals surface area contributed by atoms with E-state index in [1.54, 1.807) is 0 Å². The second-order valence-electron chi connectivity index (χ2n) is 4.24. The number of rotatable bonds is 8. The molecular formula is C12H20N2O. The Balaban J connectivity index is 1.38. The molecule has 1 fully saturated rings. The van der Waals surface area contributed by atoms with Crippen LogP contribution in [0.3, 0.4) is 0 Å². The van der Waals surface area contributed by atoms with Crippen LogP contribution in [0.5, 0.6) is 0 Å². The lowest BCUT2D eigenvalue weighted by atomic mass is 10.4. The molecule has 0 amide bonds. The third-order valence-electron chi connectivity index (χ3n) is 2.67. The Morgan fingerprint density at radius 1 is 1.47 bits per heavy atom. The summed E-state index contributed by atoms with van der Waals surface area (Å²) in [7, 11) is 0. The molecule has 0 aliphatic heterocycles. The first kappa shape index (κ1) is 10.7. The maximum Gasteiger partial charge on any atom is 0.0494 e. The zero-order valence-electron chi connectivity index (χ0n) is 9.17. The normalized spacial score (nSPS) is 15.7. The van der Waals surface area contributed by atoms with Gasteiger partial charge in [0.05, 0.1) is 0 Å². The molecule has 1 aliphatic rings. The van der Waals surface area contributed by atoms with Crippen LogP contribution in [0.4, 0.5) is 0 Å². The minimum atomic E-state index is 0.886. The van der Waals surface area contributed by atoms with Crippen LogP contribution in [0.2, 0.25) is 0 Å². The number of H-pyrrole nitrogens is 1. The zero-order chi connectivity index (χ0) is 10.3. The molecule has 0 aromatic carbocycles. The van der Waals surface area contributed by atoms with Crippen LogP contribution in [0.1, 0.15) is 25.0 Å². The topological polar surface area (TPSA) is 37.0 Å². The van der Waals surface area contributed by atoms with Crippen LogP contribution >= 0.6 is 0 Å². The average Bonchev–Trinajstić information content (AvgIpc) is 2.92. The highest BCUT2D eigenvalue weighted by Gasteiger charge is 2.20. The van der Waals surface area contributed by atoms with E-state index in [0.717, 1.165) is 38.6 Å². The summed E-state index contributed by atoms with van der Waals surface area (Å²) in [6.45, 7) is 3.84. The van der Waals surface area contributed by atoms with Crippen LogP contribution in [-0.4, -0.2) is 24.7 Å². The van der Waals surface area contributed by atoms with E-state index in [1.807, 2.05) is 12.3 Å². The number of ether oxygens (including phenoxy) is 1. The smallest absolute Gasteiger partial charge is 0.0494 e. The van der Waals surface area contributed by atoms with Crippen LogP contribution in [0, 0.1) is 5.92 Å². The van der Waals surface area contributed by atoms with Crippen molar-refractivity contribution < 1.29 is 4.74 Å². The lowest BCUT2D eigenvalue weighted by molar-refractivity contribution is 0.122. The molecule has 2 N–H and O–H groups in total. The van der Waals surface area contributed by atoms with E-state index < -0.39 is 0 Å². The molecule has 0 spiro atoms. The second kappa shape index (κ2) is 5.93. The minimum absolute atomic E-state index is 0.886. The first-order valence-corrected chi connectivity index (χ1v) is 5.86. The molecule has 15 heavy (non-hydrogen) atoms. The van der Waals surface area contributed by atoms with Crippen molar-refractivity contribution in [3.63, 3.8) is 0 Å². The zero-order valence-corrected chi connectivity index (χ0v) is 9.17. The summed E-state index contributed by atoms with van der Waals surface area (Å²) < 4.78 is 5.55. The van der Waals surface area contributed by atoms with Gasteiger partial charge in [0.2, 0.25) is 0 Å². The molecule has 1 aromatic rings. The van der Waals surface area contributed by atoms with E-state index in [-0.39, 0.29) is 0 Å². The van der Waals surface area contributed by atoms with Crippen molar-refractivity contribution in [1.82, 2.24) is 10.3 Å². The largest absolute Gasteiger partial charge is 0.381 e. The highest BCUT2D eigenvalue weighted by atomic mass is 16.5. The van der Waals surface area contributed by atoms with Gasteiger partial charge in [-0.25, -0.2) is 0 Å². The summed E-state index contributed by atoms with van der Waals surface area (Å²) in [5.41, 5.74) is 1.24. The first-order valence-electron chi connectivity index (χ1n) is 5.86. The lowest BCUT2D eigenvalue weighted by Gasteiger charge is -2.04. The molecular weight excluding hydrogens is 188 g/mol. The summed E-state index contributed by atoms with van der Waals surface area (Å²) in [5, 5.41) is 3.38. The van der Waals surface area contributed by atoms with Crippen molar-refractivity contribution in [1.29, 1.82) is 0 Å². The SMILES string of the molecule is c1c[nH]c(CNCCCOCC2CC2)c1. The molecule has 84 valence electrons. The Kier molecular flexibility index (Phi) is 4.23. The molecule has 2 rings (SSSR count). The molecule has 0 radical (unpaired) electrons. The van der Waals surface area contributed by atoms with Gasteiger partial charge in [0, 0.05) is 31.6 Å². The number of aromatic amines is 1. The van der Waals surface area contributed by atoms with Crippen molar-refractivity contribution >= 4 is 0 Å². The van der Waals surface area contributed by atoms with E-state index >= 15 is 0 Å². The maximum absolute atomic E-state index is 5.55. The van der Waals surface area contributed by atoms with Crippen LogP contribution < -0.4 is 5.32 Å². The Hall–Kier alpha value is -0.800. The third-order valence-corrected chi connectivity index (χ3v) is 2.67. The Labute approximate surface area is 91.2 Å². The summed E-state index contributed by atoms with van der Waals surface area (Å²) in [4.78, 5) is 3.17. The molecule has 1 saturated carbocycles. The molecule has 3 heteroatoms. The first-order chi connectivity index (χ1) is 7.45. The summed E-state index contributed by atoms with van der Waals surface area (Å²) >= 11 is 0. The standard InChI is InChI=1S/C12H20N2O/c1-3-12(14-7-1)9-13-6-2-8-15-10-11-4-5-11/h1,3,7,11,13-14H,2,4-6,8-10H2. The van der Waals surface area contributed by atoms with Gasteiger partial charge in [-0.2, -0.15) is 0 Å². The number of nitrogens with one attached hydrogen (secondary N) is 2. The second-order valence-corrected chi connectivity index (χ2v) is 4.24. The number of hydrogen-bond donors (Lipinski definition) is 2. The predicted octanol–water partition coefficient (Wildman–Crippen LogP) is 1.92. The molecule has 1 aliphatic carbocycles. The maximum atomic E-state index is 5.55. The Morgan fingerprint density at radius 2 is 2.40 bits per heavy atom. The molecule has 0 atom stereocenters. The van der Waals surface area contributed by atoms with Crippen molar-refractivity contribution in [2.45, 2.75) is 25.8 Å². The molecule has 0 bridgehead atoms. The van der Waals surface area contributed by atoms with Gasteiger partial charge in [-0.1, -0.05) is 0 Å². The molecule has 0 unspecified atom stereocenters. The lowest BCUT2D eigenvalue weighted by Crippen LogP contribution is -2.16. The van der Waals surface area contributed by atoms with Gasteiger partial charge in [-0.3, -0.25) is 0 Å². The highest BCUT2D eigenvalue weighted by molar-refractivity contribution is 5.02. The number of hydrogen-bond acceptors (Lipinski definition) is 2. The van der Waals surface area contributed by atoms with Gasteiger partial charge in [-0.05, 0) is 43.9 Å². The van der Waals surface area contributed by atoms with Crippen molar-refractivity contribution in [3.05, 3.63) is 24.0 Å². The molecule has 1 aromatic heterocycles. The predicted molar refractivity (Wildman–Crippen MR) is 60.7 cm³/mol. The van der Waals surface area contributed by atoms with Crippen molar-refractivity contribution in [3.8, 4) is 0 Å². The van der Waals surface area contributed by atoms with Gasteiger partial charge in [-0.15, -0.1) is 0 Å². The van der Waals surface area contributed by atoms with E-state index in [2.05, 4.69) is 16.4 Å². The Bertz CT molecular complexity index is 255. The molecule has 0 saturated heterocycles. The fraction of sp³-hybridized carbons (Fsp3) is 0.667. The summed E-state index contributed by atoms with van der Waals surface area (Å²) in [6.07, 6.45) is 5.82. The summed E-state index contributed by atoms with van der Waals surface area (Å²) in [5.74, 6) is 0.886. The van der Waals surface area contributed by atoms with Crippen LogP contribution in [0.25, 0.3) is 0 Å². The van der Waals surface area contributed by atoms with E-state index in [4.69, 9.17) is 4.74 Å². The Morgan fingerprint density at radius 3 is 3.13 bits per heavy atom. The highest BCUT2D eigenvalue weighted by Crippen LogP contribution is 2.28. The van der Waals surface area contributed by atoms with E-state index in [9.17, 15) is 0 Å². The van der Waals surface area contributed by atoms with Crippen molar-refractivity contribution in [2.24, 2.45) is 5.92 Å². The van der Waals surface area contributed by atoms with Gasteiger partial charge in [0.15, 0.2) is 0 Å². The average molecular weight is 208 g/mol. The monoisotopic (exact) mass is 208 g/mol. The van der Waals surface area contributed by atoms with Crippen molar-refractivity contribution in [2.75, 3.05) is 19.8 Å². The number of aromatic nitrogens is 1. The van der Waals surface area contributed by atoms with E-state index in [1.165, 1.54) is 18.5 Å². The third kappa shape index (κ3) is 4.49. The van der Waals surface area contributed by atoms with Gasteiger partial charge < -0.3 is 15.0 Å². The van der Waals surface area contributed by atoms with Crippen LogP contribution in [0.15, 0.2) is 18.3 Å².